The molecule has 0 radical (unpaired) electrons. The van der Waals surface area contributed by atoms with Crippen LogP contribution < -0.4 is 0 Å². The summed E-state index contributed by atoms with van der Waals surface area (Å²) in [4.78, 5) is 19.7. The van der Waals surface area contributed by atoms with Crippen LogP contribution >= 0.6 is 0 Å². The second kappa shape index (κ2) is 10.7. The Morgan fingerprint density at radius 2 is 1.09 bits per heavy atom. The van der Waals surface area contributed by atoms with Gasteiger partial charge < -0.3 is 4.57 Å². The van der Waals surface area contributed by atoms with E-state index in [2.05, 4.69) is 78.2 Å². The minimum atomic E-state index is 0.614. The lowest BCUT2D eigenvalue weighted by Gasteiger charge is -2.16. The first-order valence-electron chi connectivity index (χ1n) is 14.7. The van der Waals surface area contributed by atoms with Crippen LogP contribution in [0.4, 0.5) is 0 Å². The minimum absolute atomic E-state index is 0.614. The van der Waals surface area contributed by atoms with Crippen LogP contribution in [0.15, 0.2) is 146 Å². The topological polar surface area (TPSA) is 56.5 Å². The predicted molar refractivity (Wildman–Crippen MR) is 178 cm³/mol. The fourth-order valence-electron chi connectivity index (χ4n) is 5.88. The number of hydrogen-bond acceptors (Lipinski definition) is 4. The molecule has 3 aromatic heterocycles. The van der Waals surface area contributed by atoms with E-state index in [-0.39, 0.29) is 0 Å². The van der Waals surface area contributed by atoms with E-state index in [4.69, 9.17) is 19.9 Å². The molecule has 3 heterocycles. The van der Waals surface area contributed by atoms with Crippen molar-refractivity contribution in [3.8, 4) is 51.1 Å². The molecule has 5 aromatic carbocycles. The lowest BCUT2D eigenvalue weighted by atomic mass is 10.0. The average Bonchev–Trinajstić information content (AvgIpc) is 3.42. The van der Waals surface area contributed by atoms with E-state index in [1.807, 2.05) is 79.0 Å². The molecule has 5 heteroatoms. The average molecular weight is 566 g/mol. The van der Waals surface area contributed by atoms with Crippen molar-refractivity contribution >= 4 is 21.8 Å². The summed E-state index contributed by atoms with van der Waals surface area (Å²) in [5, 5.41) is 2.43. The number of hydrogen-bond donors (Lipinski definition) is 0. The number of benzene rings is 5. The van der Waals surface area contributed by atoms with Crippen molar-refractivity contribution in [3.63, 3.8) is 0 Å². The van der Waals surface area contributed by atoms with Gasteiger partial charge in [0.1, 0.15) is 0 Å². The standard InChI is InChI=1S/C39H27N5/c1-26-19-22-35-32(24-26)30-16-8-9-18-34(30)44(35)36-25-29(20-21-31(36)33-17-10-11-23-40-33)39-42-37(27-12-4-2-5-13-27)41-38(43-39)28-14-6-3-7-15-28/h2-25H,1H3. The molecule has 0 aliphatic heterocycles. The van der Waals surface area contributed by atoms with Crippen LogP contribution in [-0.4, -0.2) is 24.5 Å². The maximum Gasteiger partial charge on any atom is 0.164 e. The summed E-state index contributed by atoms with van der Waals surface area (Å²) in [7, 11) is 0. The maximum atomic E-state index is 5.01. The molecule has 44 heavy (non-hydrogen) atoms. The Morgan fingerprint density at radius 3 is 1.77 bits per heavy atom. The van der Waals surface area contributed by atoms with Gasteiger partial charge in [-0.25, -0.2) is 15.0 Å². The molecule has 0 bridgehead atoms. The molecule has 8 rings (SSSR count). The number of aryl methyl sites for hydroxylation is 1. The van der Waals surface area contributed by atoms with Gasteiger partial charge in [-0.3, -0.25) is 4.98 Å². The van der Waals surface area contributed by atoms with E-state index in [0.717, 1.165) is 44.7 Å². The Kier molecular flexibility index (Phi) is 6.27. The van der Waals surface area contributed by atoms with E-state index in [1.54, 1.807) is 0 Å². The molecule has 0 atom stereocenters. The molecule has 0 saturated heterocycles. The largest absolute Gasteiger partial charge is 0.309 e. The number of nitrogens with zero attached hydrogens (tertiary/aromatic N) is 5. The van der Waals surface area contributed by atoms with Crippen molar-refractivity contribution in [2.75, 3.05) is 0 Å². The Hall–Kier alpha value is -5.94. The fraction of sp³-hybridized carbons (Fsp3) is 0.0256. The predicted octanol–water partition coefficient (Wildman–Crippen LogP) is 9.34. The van der Waals surface area contributed by atoms with Crippen molar-refractivity contribution in [1.29, 1.82) is 0 Å². The van der Waals surface area contributed by atoms with Crippen LogP contribution in [-0.2, 0) is 0 Å². The number of para-hydroxylation sites is 1. The van der Waals surface area contributed by atoms with Gasteiger partial charge in [-0.1, -0.05) is 103 Å². The van der Waals surface area contributed by atoms with E-state index >= 15 is 0 Å². The van der Waals surface area contributed by atoms with Gasteiger partial charge in [-0.05, 0) is 49.4 Å². The van der Waals surface area contributed by atoms with Gasteiger partial charge in [0.15, 0.2) is 17.5 Å². The summed E-state index contributed by atoms with van der Waals surface area (Å²) in [5.41, 5.74) is 9.22. The van der Waals surface area contributed by atoms with Crippen molar-refractivity contribution in [2.45, 2.75) is 6.92 Å². The Labute approximate surface area is 255 Å². The molecule has 0 aliphatic rings. The van der Waals surface area contributed by atoms with E-state index in [1.165, 1.54) is 16.3 Å². The molecule has 0 N–H and O–H groups in total. The van der Waals surface area contributed by atoms with Crippen molar-refractivity contribution in [2.24, 2.45) is 0 Å². The van der Waals surface area contributed by atoms with Crippen LogP contribution in [0, 0.1) is 6.92 Å². The Bertz CT molecular complexity index is 2220. The van der Waals surface area contributed by atoms with Crippen LogP contribution in [0.5, 0.6) is 0 Å². The quantitative estimate of drug-likeness (QED) is 0.209. The van der Waals surface area contributed by atoms with Crippen LogP contribution in [0.1, 0.15) is 5.56 Å². The van der Waals surface area contributed by atoms with Gasteiger partial charge in [0, 0.05) is 39.2 Å². The van der Waals surface area contributed by atoms with Crippen molar-refractivity contribution < 1.29 is 0 Å². The maximum absolute atomic E-state index is 5.01. The fourth-order valence-corrected chi connectivity index (χ4v) is 5.88. The molecule has 208 valence electrons. The highest BCUT2D eigenvalue weighted by atomic mass is 15.0. The number of pyridine rings is 1. The Balaban J connectivity index is 1.41. The lowest BCUT2D eigenvalue weighted by molar-refractivity contribution is 1.07. The molecule has 0 saturated carbocycles. The van der Waals surface area contributed by atoms with Crippen LogP contribution in [0.25, 0.3) is 72.9 Å². The highest BCUT2D eigenvalue weighted by Gasteiger charge is 2.19. The van der Waals surface area contributed by atoms with Gasteiger partial charge in [-0.15, -0.1) is 0 Å². The normalized spacial score (nSPS) is 11.3. The summed E-state index contributed by atoms with van der Waals surface area (Å²) in [6.07, 6.45) is 1.84. The monoisotopic (exact) mass is 565 g/mol. The lowest BCUT2D eigenvalue weighted by Crippen LogP contribution is -2.02. The van der Waals surface area contributed by atoms with E-state index in [0.29, 0.717) is 17.5 Å². The van der Waals surface area contributed by atoms with Gasteiger partial charge in [0.05, 0.1) is 22.4 Å². The molecule has 8 aromatic rings. The molecule has 0 amide bonds. The van der Waals surface area contributed by atoms with Gasteiger partial charge in [-0.2, -0.15) is 0 Å². The first-order chi connectivity index (χ1) is 21.7. The number of aromatic nitrogens is 5. The molecular formula is C39H27N5. The first kappa shape index (κ1) is 25.7. The molecule has 0 unspecified atom stereocenters. The summed E-state index contributed by atoms with van der Waals surface area (Å²) in [6.45, 7) is 2.14. The molecular weight excluding hydrogens is 538 g/mol. The minimum Gasteiger partial charge on any atom is -0.309 e. The van der Waals surface area contributed by atoms with Crippen molar-refractivity contribution in [3.05, 3.63) is 151 Å². The molecule has 0 spiro atoms. The smallest absolute Gasteiger partial charge is 0.164 e. The van der Waals surface area contributed by atoms with Crippen LogP contribution in [0.3, 0.4) is 0 Å². The summed E-state index contributed by atoms with van der Waals surface area (Å²) in [6, 6.07) is 47.8. The van der Waals surface area contributed by atoms with E-state index in [9.17, 15) is 0 Å². The van der Waals surface area contributed by atoms with E-state index < -0.39 is 0 Å². The van der Waals surface area contributed by atoms with Gasteiger partial charge in [0.2, 0.25) is 0 Å². The number of rotatable bonds is 5. The third-order valence-electron chi connectivity index (χ3n) is 7.97. The highest BCUT2D eigenvalue weighted by molar-refractivity contribution is 6.10. The molecule has 5 nitrogen and oxygen atoms in total. The molecule has 0 aliphatic carbocycles. The second-order valence-corrected chi connectivity index (χ2v) is 10.9. The SMILES string of the molecule is Cc1ccc2c(c1)c1ccccc1n2-c1cc(-c2nc(-c3ccccc3)nc(-c3ccccc3)n2)ccc1-c1ccccn1. The summed E-state index contributed by atoms with van der Waals surface area (Å²) in [5.74, 6) is 1.89. The second-order valence-electron chi connectivity index (χ2n) is 10.9. The van der Waals surface area contributed by atoms with Crippen LogP contribution in [0.2, 0.25) is 0 Å². The summed E-state index contributed by atoms with van der Waals surface area (Å²) >= 11 is 0. The Morgan fingerprint density at radius 1 is 0.477 bits per heavy atom. The first-order valence-corrected chi connectivity index (χ1v) is 14.7. The molecule has 0 fully saturated rings. The third kappa shape index (κ3) is 4.52. The van der Waals surface area contributed by atoms with Gasteiger partial charge in [0.25, 0.3) is 0 Å². The van der Waals surface area contributed by atoms with Crippen molar-refractivity contribution in [1.82, 2.24) is 24.5 Å². The zero-order valence-electron chi connectivity index (χ0n) is 24.1. The highest BCUT2D eigenvalue weighted by Crippen LogP contribution is 2.38. The zero-order valence-corrected chi connectivity index (χ0v) is 24.1. The summed E-state index contributed by atoms with van der Waals surface area (Å²) < 4.78 is 2.34. The third-order valence-corrected chi connectivity index (χ3v) is 7.97. The van der Waals surface area contributed by atoms with Gasteiger partial charge >= 0.3 is 0 Å². The number of fused-ring (bicyclic) bond motifs is 3. The zero-order chi connectivity index (χ0) is 29.5.